The van der Waals surface area contributed by atoms with Gasteiger partial charge in [0.05, 0.1) is 31.0 Å². The van der Waals surface area contributed by atoms with Crippen molar-refractivity contribution in [3.8, 4) is 5.75 Å². The number of benzene rings is 1. The highest BCUT2D eigenvalue weighted by atomic mass is 35.5. The Bertz CT molecular complexity index is 1610. The third-order valence-corrected chi connectivity index (χ3v) is 11.7. The summed E-state index contributed by atoms with van der Waals surface area (Å²) in [7, 11) is -3.26. The summed E-state index contributed by atoms with van der Waals surface area (Å²) in [6.45, 7) is 10.3. The van der Waals surface area contributed by atoms with Crippen molar-refractivity contribution in [1.82, 2.24) is 19.7 Å². The molecule has 250 valence electrons. The molecule has 1 saturated carbocycles. The van der Waals surface area contributed by atoms with Crippen molar-refractivity contribution in [2.24, 2.45) is 5.41 Å². The second-order valence-corrected chi connectivity index (χ2v) is 15.7. The predicted octanol–water partition coefficient (Wildman–Crippen LogP) is 6.30. The summed E-state index contributed by atoms with van der Waals surface area (Å²) in [5, 5.41) is 5.79. The van der Waals surface area contributed by atoms with Crippen LogP contribution in [0.5, 0.6) is 5.75 Å². The number of aromatic nitrogens is 4. The van der Waals surface area contributed by atoms with Crippen molar-refractivity contribution in [3.05, 3.63) is 41.3 Å². The van der Waals surface area contributed by atoms with Crippen LogP contribution >= 0.6 is 19.2 Å². The third kappa shape index (κ3) is 5.95. The first-order chi connectivity index (χ1) is 22.1. The molecule has 0 radical (unpaired) electrons. The average Bonchev–Trinajstić information content (AvgIpc) is 3.64. The molecule has 12 nitrogen and oxygen atoms in total. The molecule has 14 heteroatoms. The van der Waals surface area contributed by atoms with Crippen molar-refractivity contribution in [3.63, 3.8) is 0 Å². The molecule has 1 spiro atoms. The lowest BCUT2D eigenvalue weighted by Crippen LogP contribution is -2.57. The first kappa shape index (κ1) is 32.2. The molecule has 2 aromatic heterocycles. The van der Waals surface area contributed by atoms with E-state index in [9.17, 15) is 4.57 Å². The number of anilines is 1. The van der Waals surface area contributed by atoms with Gasteiger partial charge < -0.3 is 32.9 Å². The van der Waals surface area contributed by atoms with Crippen LogP contribution in [0.4, 0.5) is 5.82 Å². The van der Waals surface area contributed by atoms with Gasteiger partial charge in [-0.3, -0.25) is 4.57 Å². The molecule has 1 aliphatic carbocycles. The van der Waals surface area contributed by atoms with Gasteiger partial charge in [0, 0.05) is 18.5 Å². The lowest BCUT2D eigenvalue weighted by molar-refractivity contribution is -0.208. The second-order valence-electron chi connectivity index (χ2n) is 13.3. The largest absolute Gasteiger partial charge is 0.491 e. The molecule has 46 heavy (non-hydrogen) atoms. The molecular formula is C32H43ClN5O7P. The van der Waals surface area contributed by atoms with E-state index in [1.54, 1.807) is 24.7 Å². The quantitative estimate of drug-likeness (QED) is 0.168. The van der Waals surface area contributed by atoms with Gasteiger partial charge in [-0.15, -0.1) is 0 Å². The van der Waals surface area contributed by atoms with Crippen LogP contribution in [0.15, 0.2) is 30.5 Å². The number of hydrogen-bond acceptors (Lipinski definition) is 11. The van der Waals surface area contributed by atoms with Gasteiger partial charge >= 0.3 is 7.60 Å². The zero-order valence-electron chi connectivity index (χ0n) is 26.9. The molecule has 5 heterocycles. The van der Waals surface area contributed by atoms with E-state index in [2.05, 4.69) is 14.9 Å². The maximum absolute atomic E-state index is 13.1. The van der Waals surface area contributed by atoms with Gasteiger partial charge in [-0.25, -0.2) is 4.68 Å². The molecule has 3 aliphatic heterocycles. The summed E-state index contributed by atoms with van der Waals surface area (Å²) in [6, 6.07) is 7.43. The van der Waals surface area contributed by atoms with E-state index in [-0.39, 0.29) is 24.7 Å². The molecule has 0 amide bonds. The van der Waals surface area contributed by atoms with Crippen molar-refractivity contribution < 1.29 is 32.6 Å². The number of halogens is 1. The molecule has 1 aromatic carbocycles. The van der Waals surface area contributed by atoms with Crippen LogP contribution in [0.3, 0.4) is 0 Å². The van der Waals surface area contributed by atoms with Crippen molar-refractivity contribution in [1.29, 1.82) is 0 Å². The molecule has 3 aromatic rings. The lowest BCUT2D eigenvalue weighted by Gasteiger charge is -2.53. The molecule has 4 aliphatic rings. The topological polar surface area (TPSA) is 119 Å². The average molecular weight is 676 g/mol. The molecule has 3 atom stereocenters. The SMILES string of the molecule is CCOP(=O)(Cc1cccc(OC[C@H]2OC[C@@]3(n4ncc5c(N6CC7(CCCCC7)C6)nc(Cl)nc54)OC(C)(C)O[C@H]23)c1)OCC. The standard InChI is InChI=1S/C32H43ClN5O7P/c1-5-42-46(39,43-6-2)18-22-11-10-12-23(15-22)40-17-25-26-32(21-41-25,45-30(3,4)44-26)38-28-24(16-34-38)27(35-29(33)36-28)37-19-31(20-37)13-8-7-9-14-31/h10-12,15-16,25-26H,5-9,13-14,17-21H2,1-4H3/t25-,26-,32-/m1/s1. The summed E-state index contributed by atoms with van der Waals surface area (Å²) in [6.07, 6.45) is 7.38. The highest BCUT2D eigenvalue weighted by Gasteiger charge is 2.64. The number of nitrogens with zero attached hydrogens (tertiary/aromatic N) is 5. The molecule has 0 bridgehead atoms. The highest BCUT2D eigenvalue weighted by Crippen LogP contribution is 2.52. The van der Waals surface area contributed by atoms with Crippen LogP contribution in [0.2, 0.25) is 5.28 Å². The first-order valence-electron chi connectivity index (χ1n) is 16.3. The minimum absolute atomic E-state index is 0.153. The molecule has 7 rings (SSSR count). The Morgan fingerprint density at radius 3 is 2.59 bits per heavy atom. The van der Waals surface area contributed by atoms with Gasteiger partial charge in [0.15, 0.2) is 11.4 Å². The molecule has 3 saturated heterocycles. The Morgan fingerprint density at radius 1 is 1.09 bits per heavy atom. The van der Waals surface area contributed by atoms with Crippen LogP contribution in [0.1, 0.15) is 65.4 Å². The van der Waals surface area contributed by atoms with E-state index < -0.39 is 31.3 Å². The van der Waals surface area contributed by atoms with Crippen LogP contribution in [-0.2, 0) is 39.7 Å². The smallest absolute Gasteiger partial charge is 0.335 e. The van der Waals surface area contributed by atoms with Crippen LogP contribution in [0.25, 0.3) is 11.0 Å². The summed E-state index contributed by atoms with van der Waals surface area (Å²) in [4.78, 5) is 11.6. The van der Waals surface area contributed by atoms with Gasteiger partial charge in [-0.05, 0) is 69.8 Å². The van der Waals surface area contributed by atoms with Gasteiger partial charge in [-0.2, -0.15) is 15.1 Å². The zero-order chi connectivity index (χ0) is 32.2. The van der Waals surface area contributed by atoms with E-state index in [4.69, 9.17) is 44.7 Å². The zero-order valence-corrected chi connectivity index (χ0v) is 28.6. The molecule has 4 fully saturated rings. The Balaban J connectivity index is 1.11. The minimum Gasteiger partial charge on any atom is -0.491 e. The third-order valence-electron chi connectivity index (χ3n) is 9.47. The van der Waals surface area contributed by atoms with E-state index >= 15 is 0 Å². The Kier molecular flexibility index (Phi) is 8.62. The normalized spacial score (nSPS) is 26.8. The molecule has 0 N–H and O–H groups in total. The predicted molar refractivity (Wildman–Crippen MR) is 172 cm³/mol. The fourth-order valence-electron chi connectivity index (χ4n) is 7.63. The van der Waals surface area contributed by atoms with Gasteiger partial charge in [0.25, 0.3) is 0 Å². The van der Waals surface area contributed by atoms with Gasteiger partial charge in [0.1, 0.15) is 37.0 Å². The van der Waals surface area contributed by atoms with Crippen LogP contribution in [0, 0.1) is 5.41 Å². The highest BCUT2D eigenvalue weighted by molar-refractivity contribution is 7.53. The Labute approximate surface area is 274 Å². The van der Waals surface area contributed by atoms with E-state index in [0.717, 1.165) is 29.9 Å². The van der Waals surface area contributed by atoms with E-state index in [0.29, 0.717) is 30.0 Å². The van der Waals surface area contributed by atoms with Gasteiger partial charge in [-0.1, -0.05) is 31.4 Å². The maximum Gasteiger partial charge on any atom is 0.335 e. The fraction of sp³-hybridized carbons (Fsp3) is 0.656. The minimum atomic E-state index is -3.26. The second kappa shape index (κ2) is 12.3. The lowest BCUT2D eigenvalue weighted by atomic mass is 9.68. The number of fused-ring (bicyclic) bond motifs is 2. The maximum atomic E-state index is 13.1. The van der Waals surface area contributed by atoms with Gasteiger partial charge in [0.2, 0.25) is 11.0 Å². The summed E-state index contributed by atoms with van der Waals surface area (Å²) in [5.41, 5.74) is 0.666. The van der Waals surface area contributed by atoms with Crippen LogP contribution in [-0.4, -0.2) is 77.3 Å². The summed E-state index contributed by atoms with van der Waals surface area (Å²) in [5.74, 6) is 0.505. The summed E-state index contributed by atoms with van der Waals surface area (Å²) < 4.78 is 51.4. The summed E-state index contributed by atoms with van der Waals surface area (Å²) >= 11 is 6.55. The number of ether oxygens (including phenoxy) is 4. The fourth-order valence-corrected chi connectivity index (χ4v) is 9.48. The molecular weight excluding hydrogens is 633 g/mol. The van der Waals surface area contributed by atoms with Crippen LogP contribution < -0.4 is 9.64 Å². The van der Waals surface area contributed by atoms with Crippen molar-refractivity contribution in [2.45, 2.75) is 89.7 Å². The van der Waals surface area contributed by atoms with E-state index in [1.165, 1.54) is 32.1 Å². The molecule has 0 unspecified atom stereocenters. The van der Waals surface area contributed by atoms with Crippen molar-refractivity contribution >= 4 is 36.0 Å². The number of hydrogen-bond donors (Lipinski definition) is 0. The number of rotatable bonds is 11. The monoisotopic (exact) mass is 675 g/mol. The first-order valence-corrected chi connectivity index (χ1v) is 18.4. The van der Waals surface area contributed by atoms with E-state index in [1.807, 2.05) is 38.1 Å². The van der Waals surface area contributed by atoms with Crippen molar-refractivity contribution in [2.75, 3.05) is 44.4 Å². The Morgan fingerprint density at radius 2 is 1.85 bits per heavy atom. The Hall–Kier alpha value is -2.31.